The zero-order chi connectivity index (χ0) is 17.0. The summed E-state index contributed by atoms with van der Waals surface area (Å²) in [5.74, 6) is 0.922. The van der Waals surface area contributed by atoms with Gasteiger partial charge < -0.3 is 15.4 Å². The molecule has 1 aromatic heterocycles. The van der Waals surface area contributed by atoms with Crippen LogP contribution >= 0.6 is 24.0 Å². The third kappa shape index (κ3) is 9.41. The van der Waals surface area contributed by atoms with Gasteiger partial charge in [-0.3, -0.25) is 14.6 Å². The maximum absolute atomic E-state index is 5.37. The van der Waals surface area contributed by atoms with E-state index in [4.69, 9.17) is 4.74 Å². The van der Waals surface area contributed by atoms with Crippen molar-refractivity contribution >= 4 is 29.9 Å². The highest BCUT2D eigenvalue weighted by Crippen LogP contribution is 2.01. The van der Waals surface area contributed by atoms with Gasteiger partial charge in [0.1, 0.15) is 0 Å². The van der Waals surface area contributed by atoms with E-state index in [1.165, 1.54) is 5.56 Å². The third-order valence-corrected chi connectivity index (χ3v) is 4.04. The number of halogens is 1. The molecule has 7 nitrogen and oxygen atoms in total. The molecule has 0 amide bonds. The molecule has 144 valence electrons. The Morgan fingerprint density at radius 1 is 1.28 bits per heavy atom. The first-order chi connectivity index (χ1) is 11.8. The zero-order valence-electron chi connectivity index (χ0n) is 15.5. The molecule has 1 saturated heterocycles. The molecule has 1 fully saturated rings. The summed E-state index contributed by atoms with van der Waals surface area (Å²) in [5.41, 5.74) is 1.27. The van der Waals surface area contributed by atoms with Gasteiger partial charge in [-0.2, -0.15) is 5.10 Å². The molecule has 2 N–H and O–H groups in total. The van der Waals surface area contributed by atoms with Gasteiger partial charge in [-0.1, -0.05) is 0 Å². The standard InChI is InChI=1S/C17H32N6O.HI/c1-3-18-17(19-7-4-6-16-14-21-22(2)15-16)20-8-5-9-23-10-12-24-13-11-23;/h14-15H,3-13H2,1-2H3,(H2,18,19,20);1H. The van der Waals surface area contributed by atoms with Crippen molar-refractivity contribution in [3.8, 4) is 0 Å². The molecule has 2 rings (SSSR count). The molecule has 25 heavy (non-hydrogen) atoms. The van der Waals surface area contributed by atoms with Crippen LogP contribution in [0.4, 0.5) is 0 Å². The molecular weight excluding hydrogens is 431 g/mol. The Morgan fingerprint density at radius 2 is 2.08 bits per heavy atom. The van der Waals surface area contributed by atoms with Crippen LogP contribution in [0.3, 0.4) is 0 Å². The van der Waals surface area contributed by atoms with E-state index in [1.54, 1.807) is 0 Å². The Bertz CT molecular complexity index is 487. The number of aromatic nitrogens is 2. The number of ether oxygens (including phenoxy) is 1. The number of rotatable bonds is 9. The second-order valence-electron chi connectivity index (χ2n) is 6.12. The van der Waals surface area contributed by atoms with E-state index < -0.39 is 0 Å². The number of aliphatic imine (C=N–C) groups is 1. The van der Waals surface area contributed by atoms with Gasteiger partial charge in [0.2, 0.25) is 0 Å². The molecule has 0 radical (unpaired) electrons. The van der Waals surface area contributed by atoms with Crippen molar-refractivity contribution < 1.29 is 4.74 Å². The van der Waals surface area contributed by atoms with Crippen molar-refractivity contribution in [2.75, 3.05) is 52.5 Å². The minimum absolute atomic E-state index is 0. The zero-order valence-corrected chi connectivity index (χ0v) is 17.9. The molecular formula is C17H33IN6O. The van der Waals surface area contributed by atoms with Gasteiger partial charge >= 0.3 is 0 Å². The van der Waals surface area contributed by atoms with Gasteiger partial charge in [0, 0.05) is 46.0 Å². The number of morpholine rings is 1. The summed E-state index contributed by atoms with van der Waals surface area (Å²) in [6.45, 7) is 9.74. The highest BCUT2D eigenvalue weighted by atomic mass is 127. The first kappa shape index (κ1) is 22.2. The Kier molecular flexibility index (Phi) is 11.8. The molecule has 1 aromatic rings. The van der Waals surface area contributed by atoms with Gasteiger partial charge in [-0.15, -0.1) is 24.0 Å². The predicted molar refractivity (Wildman–Crippen MR) is 113 cm³/mol. The monoisotopic (exact) mass is 464 g/mol. The van der Waals surface area contributed by atoms with Crippen LogP contribution in [0.2, 0.25) is 0 Å². The Balaban J connectivity index is 0.00000312. The van der Waals surface area contributed by atoms with Gasteiger partial charge in [-0.25, -0.2) is 0 Å². The first-order valence-corrected chi connectivity index (χ1v) is 9.07. The SMILES string of the molecule is CCNC(=NCCCc1cnn(C)c1)NCCCN1CCOCC1.I. The summed E-state index contributed by atoms with van der Waals surface area (Å²) in [7, 11) is 1.95. The minimum atomic E-state index is 0. The topological polar surface area (TPSA) is 66.7 Å². The molecule has 0 unspecified atom stereocenters. The van der Waals surface area contributed by atoms with E-state index in [1.807, 2.05) is 17.9 Å². The molecule has 1 aliphatic heterocycles. The smallest absolute Gasteiger partial charge is 0.191 e. The normalized spacial score (nSPS) is 15.7. The summed E-state index contributed by atoms with van der Waals surface area (Å²) < 4.78 is 7.22. The minimum Gasteiger partial charge on any atom is -0.379 e. The lowest BCUT2D eigenvalue weighted by atomic mass is 10.2. The second kappa shape index (κ2) is 13.3. The number of nitrogens with one attached hydrogen (secondary N) is 2. The summed E-state index contributed by atoms with van der Waals surface area (Å²) in [5, 5.41) is 10.9. The van der Waals surface area contributed by atoms with Crippen LogP contribution in [-0.2, 0) is 18.2 Å². The van der Waals surface area contributed by atoms with Crippen LogP contribution in [0.25, 0.3) is 0 Å². The maximum Gasteiger partial charge on any atom is 0.191 e. The molecule has 0 spiro atoms. The van der Waals surface area contributed by atoms with Crippen molar-refractivity contribution in [3.05, 3.63) is 18.0 Å². The van der Waals surface area contributed by atoms with Crippen LogP contribution in [-0.4, -0.2) is 73.1 Å². The molecule has 0 aromatic carbocycles. The van der Waals surface area contributed by atoms with E-state index in [0.29, 0.717) is 0 Å². The van der Waals surface area contributed by atoms with Gasteiger partial charge in [-0.05, 0) is 38.3 Å². The lowest BCUT2D eigenvalue weighted by Gasteiger charge is -2.26. The van der Waals surface area contributed by atoms with E-state index in [2.05, 4.69) is 38.7 Å². The fourth-order valence-corrected chi connectivity index (χ4v) is 2.75. The Hall–Kier alpha value is -0.870. The van der Waals surface area contributed by atoms with E-state index in [9.17, 15) is 0 Å². The van der Waals surface area contributed by atoms with E-state index in [-0.39, 0.29) is 24.0 Å². The first-order valence-electron chi connectivity index (χ1n) is 9.07. The van der Waals surface area contributed by atoms with Crippen LogP contribution in [0.5, 0.6) is 0 Å². The molecule has 0 bridgehead atoms. The Labute approximate surface area is 168 Å². The van der Waals surface area contributed by atoms with Gasteiger partial charge in [0.05, 0.1) is 19.4 Å². The molecule has 1 aliphatic rings. The fourth-order valence-electron chi connectivity index (χ4n) is 2.75. The van der Waals surface area contributed by atoms with Gasteiger partial charge in [0.15, 0.2) is 5.96 Å². The van der Waals surface area contributed by atoms with Crippen molar-refractivity contribution in [2.45, 2.75) is 26.2 Å². The second-order valence-corrected chi connectivity index (χ2v) is 6.12. The Morgan fingerprint density at radius 3 is 2.76 bits per heavy atom. The van der Waals surface area contributed by atoms with E-state index >= 15 is 0 Å². The number of hydrogen-bond acceptors (Lipinski definition) is 4. The fraction of sp³-hybridized carbons (Fsp3) is 0.765. The summed E-state index contributed by atoms with van der Waals surface area (Å²) in [6.07, 6.45) is 7.18. The summed E-state index contributed by atoms with van der Waals surface area (Å²) in [6, 6.07) is 0. The van der Waals surface area contributed by atoms with Crippen molar-refractivity contribution in [1.82, 2.24) is 25.3 Å². The highest BCUT2D eigenvalue weighted by Gasteiger charge is 2.09. The van der Waals surface area contributed by atoms with Crippen LogP contribution < -0.4 is 10.6 Å². The largest absolute Gasteiger partial charge is 0.379 e. The quantitative estimate of drug-likeness (QED) is 0.249. The molecule has 0 aliphatic carbocycles. The van der Waals surface area contributed by atoms with E-state index in [0.717, 1.165) is 77.7 Å². The van der Waals surface area contributed by atoms with Crippen LogP contribution in [0.1, 0.15) is 25.3 Å². The lowest BCUT2D eigenvalue weighted by molar-refractivity contribution is 0.0376. The predicted octanol–water partition coefficient (Wildman–Crippen LogP) is 1.25. The third-order valence-electron chi connectivity index (χ3n) is 4.04. The average molecular weight is 464 g/mol. The molecule has 8 heteroatoms. The number of guanidine groups is 1. The highest BCUT2D eigenvalue weighted by molar-refractivity contribution is 14.0. The molecule has 0 saturated carbocycles. The van der Waals surface area contributed by atoms with Crippen LogP contribution in [0.15, 0.2) is 17.4 Å². The average Bonchev–Trinajstić information content (AvgIpc) is 3.01. The van der Waals surface area contributed by atoms with Crippen LogP contribution in [0, 0.1) is 0 Å². The molecule has 0 atom stereocenters. The number of nitrogens with zero attached hydrogens (tertiary/aromatic N) is 4. The maximum atomic E-state index is 5.37. The number of aryl methyl sites for hydroxylation is 2. The van der Waals surface area contributed by atoms with Crippen molar-refractivity contribution in [2.24, 2.45) is 12.0 Å². The summed E-state index contributed by atoms with van der Waals surface area (Å²) >= 11 is 0. The molecule has 2 heterocycles. The van der Waals surface area contributed by atoms with Crippen molar-refractivity contribution in [1.29, 1.82) is 0 Å². The summed E-state index contributed by atoms with van der Waals surface area (Å²) in [4.78, 5) is 7.11. The van der Waals surface area contributed by atoms with Crippen molar-refractivity contribution in [3.63, 3.8) is 0 Å². The van der Waals surface area contributed by atoms with Gasteiger partial charge in [0.25, 0.3) is 0 Å². The lowest BCUT2D eigenvalue weighted by Crippen LogP contribution is -2.40. The number of hydrogen-bond donors (Lipinski definition) is 2.